The summed E-state index contributed by atoms with van der Waals surface area (Å²) >= 11 is 3.37. The molecule has 0 unspecified atom stereocenters. The average Bonchev–Trinajstić information content (AvgIpc) is 2.92. The number of hydrogen-bond acceptors (Lipinski definition) is 5. The fourth-order valence-corrected chi connectivity index (χ4v) is 3.64. The van der Waals surface area contributed by atoms with Crippen LogP contribution in [0.4, 0.5) is 4.79 Å². The Morgan fingerprint density at radius 3 is 2.76 bits per heavy atom. The number of ether oxygens (including phenoxy) is 1. The van der Waals surface area contributed by atoms with Gasteiger partial charge in [-0.3, -0.25) is 5.21 Å². The molecule has 7 heteroatoms. The van der Waals surface area contributed by atoms with Crippen LogP contribution in [0.1, 0.15) is 4.88 Å². The summed E-state index contributed by atoms with van der Waals surface area (Å²) in [6, 6.07) is 13.4. The van der Waals surface area contributed by atoms with Gasteiger partial charge in [-0.05, 0) is 24.3 Å². The number of urea groups is 1. The van der Waals surface area contributed by atoms with Gasteiger partial charge in [0.25, 0.3) is 0 Å². The molecule has 3 N–H and O–H groups in total. The van der Waals surface area contributed by atoms with Gasteiger partial charge in [0, 0.05) is 9.77 Å². The van der Waals surface area contributed by atoms with Gasteiger partial charge in [-0.1, -0.05) is 30.0 Å². The minimum atomic E-state index is -0.878. The van der Waals surface area contributed by atoms with E-state index in [9.17, 15) is 4.79 Å². The van der Waals surface area contributed by atoms with E-state index in [4.69, 9.17) is 15.7 Å². The van der Waals surface area contributed by atoms with Gasteiger partial charge in [0.05, 0.1) is 24.0 Å². The van der Waals surface area contributed by atoms with Crippen LogP contribution in [0.5, 0.6) is 0 Å². The molecule has 1 heterocycles. The number of amides is 2. The summed E-state index contributed by atoms with van der Waals surface area (Å²) in [5, 5.41) is 9.51. The molecule has 0 bridgehead atoms. The number of primary amides is 1. The smallest absolute Gasteiger partial charge is 0.338 e. The standard InChI is InChI=1S/C14H16N2O3S2/c15-14(17)16(18)8-9-19-10-12-6-7-13(21-12)20-11-4-2-1-3-5-11/h1-7,18H,8-10H2,(H2,15,17). The minimum Gasteiger partial charge on any atom is -0.374 e. The molecule has 0 spiro atoms. The topological polar surface area (TPSA) is 75.8 Å². The Balaban J connectivity index is 1.74. The molecule has 5 nitrogen and oxygen atoms in total. The van der Waals surface area contributed by atoms with E-state index in [0.29, 0.717) is 11.7 Å². The Bertz CT molecular complexity index is 575. The summed E-state index contributed by atoms with van der Waals surface area (Å²) in [7, 11) is 0. The van der Waals surface area contributed by atoms with Crippen LogP contribution >= 0.6 is 23.1 Å². The molecule has 0 aliphatic heterocycles. The molecule has 0 radical (unpaired) electrons. The average molecular weight is 324 g/mol. The van der Waals surface area contributed by atoms with Crippen molar-refractivity contribution in [1.82, 2.24) is 5.06 Å². The molecule has 0 aliphatic rings. The molecular weight excluding hydrogens is 308 g/mol. The Morgan fingerprint density at radius 2 is 2.05 bits per heavy atom. The summed E-state index contributed by atoms with van der Waals surface area (Å²) in [6.07, 6.45) is 0. The maximum absolute atomic E-state index is 10.6. The number of rotatable bonds is 7. The van der Waals surface area contributed by atoms with Gasteiger partial charge in [0.2, 0.25) is 0 Å². The number of carbonyl (C=O) groups is 1. The van der Waals surface area contributed by atoms with Crippen molar-refractivity contribution in [2.75, 3.05) is 13.2 Å². The van der Waals surface area contributed by atoms with Crippen LogP contribution in [-0.4, -0.2) is 29.5 Å². The zero-order valence-electron chi connectivity index (χ0n) is 11.3. The number of hydrogen-bond donors (Lipinski definition) is 2. The van der Waals surface area contributed by atoms with E-state index in [2.05, 4.69) is 18.2 Å². The van der Waals surface area contributed by atoms with Crippen LogP contribution < -0.4 is 5.73 Å². The molecule has 1 aromatic carbocycles. The van der Waals surface area contributed by atoms with E-state index in [0.717, 1.165) is 4.88 Å². The predicted molar refractivity (Wildman–Crippen MR) is 82.6 cm³/mol. The van der Waals surface area contributed by atoms with Crippen molar-refractivity contribution in [3.63, 3.8) is 0 Å². The molecule has 0 fully saturated rings. The predicted octanol–water partition coefficient (Wildman–Crippen LogP) is 3.19. The third-order valence-corrected chi connectivity index (χ3v) is 4.74. The fraction of sp³-hybridized carbons (Fsp3) is 0.214. The fourth-order valence-electron chi connectivity index (χ4n) is 1.53. The van der Waals surface area contributed by atoms with Crippen molar-refractivity contribution in [3.05, 3.63) is 47.3 Å². The highest BCUT2D eigenvalue weighted by Gasteiger charge is 2.06. The molecule has 2 rings (SSSR count). The number of nitrogens with zero attached hydrogens (tertiary/aromatic N) is 1. The summed E-state index contributed by atoms with van der Waals surface area (Å²) < 4.78 is 6.59. The minimum absolute atomic E-state index is 0.0618. The maximum Gasteiger partial charge on any atom is 0.338 e. The Morgan fingerprint density at radius 1 is 1.29 bits per heavy atom. The van der Waals surface area contributed by atoms with Crippen LogP contribution in [-0.2, 0) is 11.3 Å². The monoisotopic (exact) mass is 324 g/mol. The van der Waals surface area contributed by atoms with E-state index < -0.39 is 6.03 Å². The van der Waals surface area contributed by atoms with Crippen LogP contribution in [0.3, 0.4) is 0 Å². The molecule has 112 valence electrons. The van der Waals surface area contributed by atoms with Crippen molar-refractivity contribution in [3.8, 4) is 0 Å². The first-order chi connectivity index (χ1) is 10.1. The van der Waals surface area contributed by atoms with Gasteiger partial charge in [0.15, 0.2) is 0 Å². The second kappa shape index (κ2) is 8.04. The normalized spacial score (nSPS) is 10.5. The Hall–Kier alpha value is -1.54. The highest BCUT2D eigenvalue weighted by Crippen LogP contribution is 2.33. The number of carbonyl (C=O) groups excluding carboxylic acids is 1. The molecule has 0 saturated heterocycles. The zero-order valence-corrected chi connectivity index (χ0v) is 12.9. The SMILES string of the molecule is NC(=O)N(O)CCOCc1ccc(Sc2ccccc2)s1. The Labute approximate surface area is 131 Å². The highest BCUT2D eigenvalue weighted by atomic mass is 32.2. The van der Waals surface area contributed by atoms with E-state index >= 15 is 0 Å². The molecule has 2 aromatic rings. The van der Waals surface area contributed by atoms with Crippen molar-refractivity contribution < 1.29 is 14.7 Å². The highest BCUT2D eigenvalue weighted by molar-refractivity contribution is 8.01. The first kappa shape index (κ1) is 15.8. The van der Waals surface area contributed by atoms with Crippen molar-refractivity contribution in [2.45, 2.75) is 15.7 Å². The van der Waals surface area contributed by atoms with Gasteiger partial charge < -0.3 is 10.5 Å². The molecule has 1 aromatic heterocycles. The van der Waals surface area contributed by atoms with Crippen LogP contribution in [0.25, 0.3) is 0 Å². The van der Waals surface area contributed by atoms with Crippen LogP contribution in [0, 0.1) is 0 Å². The van der Waals surface area contributed by atoms with Gasteiger partial charge in [-0.2, -0.15) is 0 Å². The quantitative estimate of drug-likeness (QED) is 0.466. The number of benzene rings is 1. The van der Waals surface area contributed by atoms with Gasteiger partial charge in [-0.15, -0.1) is 11.3 Å². The van der Waals surface area contributed by atoms with Crippen molar-refractivity contribution in [2.24, 2.45) is 5.73 Å². The second-order valence-electron chi connectivity index (χ2n) is 4.15. The third kappa shape index (κ3) is 5.39. The lowest BCUT2D eigenvalue weighted by molar-refractivity contribution is -0.0578. The van der Waals surface area contributed by atoms with Crippen molar-refractivity contribution in [1.29, 1.82) is 0 Å². The third-order valence-electron chi connectivity index (χ3n) is 2.54. The van der Waals surface area contributed by atoms with Crippen LogP contribution in [0.15, 0.2) is 51.6 Å². The molecule has 0 aliphatic carbocycles. The second-order valence-corrected chi connectivity index (χ2v) is 6.69. The van der Waals surface area contributed by atoms with Gasteiger partial charge in [-0.25, -0.2) is 9.86 Å². The lowest BCUT2D eigenvalue weighted by Gasteiger charge is -2.11. The maximum atomic E-state index is 10.6. The van der Waals surface area contributed by atoms with E-state index in [1.807, 2.05) is 24.3 Å². The summed E-state index contributed by atoms with van der Waals surface area (Å²) in [6.45, 7) is 0.747. The number of hydroxylamine groups is 2. The Kier molecular flexibility index (Phi) is 6.06. The first-order valence-electron chi connectivity index (χ1n) is 6.30. The molecule has 0 atom stereocenters. The summed E-state index contributed by atoms with van der Waals surface area (Å²) in [5.74, 6) is 0. The largest absolute Gasteiger partial charge is 0.374 e. The number of nitrogens with two attached hydrogens (primary N) is 1. The number of thiophene rings is 1. The van der Waals surface area contributed by atoms with E-state index in [-0.39, 0.29) is 13.2 Å². The molecule has 21 heavy (non-hydrogen) atoms. The summed E-state index contributed by atoms with van der Waals surface area (Å²) in [4.78, 5) is 12.9. The van der Waals surface area contributed by atoms with E-state index in [1.54, 1.807) is 23.1 Å². The van der Waals surface area contributed by atoms with Gasteiger partial charge >= 0.3 is 6.03 Å². The van der Waals surface area contributed by atoms with Crippen molar-refractivity contribution >= 4 is 29.1 Å². The molecule has 2 amide bonds. The first-order valence-corrected chi connectivity index (χ1v) is 7.93. The zero-order chi connectivity index (χ0) is 15.1. The summed E-state index contributed by atoms with van der Waals surface area (Å²) in [5.41, 5.74) is 4.89. The lowest BCUT2D eigenvalue weighted by Crippen LogP contribution is -2.35. The van der Waals surface area contributed by atoms with Crippen LogP contribution in [0.2, 0.25) is 0 Å². The lowest BCUT2D eigenvalue weighted by atomic mass is 10.4. The molecular formula is C14H16N2O3S2. The van der Waals surface area contributed by atoms with Gasteiger partial charge in [0.1, 0.15) is 0 Å². The van der Waals surface area contributed by atoms with E-state index in [1.165, 1.54) is 9.10 Å². The molecule has 0 saturated carbocycles.